The van der Waals surface area contributed by atoms with Crippen LogP contribution < -0.4 is 10.6 Å². The highest BCUT2D eigenvalue weighted by Gasteiger charge is 2.39. The van der Waals surface area contributed by atoms with E-state index in [-0.39, 0.29) is 5.56 Å². The summed E-state index contributed by atoms with van der Waals surface area (Å²) in [4.78, 5) is 2.15. The molecule has 1 aliphatic heterocycles. The van der Waals surface area contributed by atoms with Crippen LogP contribution in [0.3, 0.4) is 0 Å². The van der Waals surface area contributed by atoms with Gasteiger partial charge in [0.05, 0.1) is 5.56 Å². The number of amidine groups is 1. The molecule has 1 aliphatic carbocycles. The highest BCUT2D eigenvalue weighted by molar-refractivity contribution is 5.97. The van der Waals surface area contributed by atoms with E-state index in [1.807, 2.05) is 0 Å². The van der Waals surface area contributed by atoms with Crippen molar-refractivity contribution in [3.63, 3.8) is 0 Å². The highest BCUT2D eigenvalue weighted by atomic mass is 19.4. The van der Waals surface area contributed by atoms with Crippen molar-refractivity contribution in [2.24, 2.45) is 11.7 Å². The van der Waals surface area contributed by atoms with Crippen molar-refractivity contribution in [3.8, 4) is 0 Å². The number of fused-ring (bicyclic) bond motifs is 2. The first-order valence-corrected chi connectivity index (χ1v) is 6.68. The second-order valence-corrected chi connectivity index (χ2v) is 5.63. The van der Waals surface area contributed by atoms with E-state index in [1.54, 1.807) is 0 Å². The molecule has 0 aromatic heterocycles. The molecule has 2 bridgehead atoms. The molecule has 3 rings (SSSR count). The van der Waals surface area contributed by atoms with Gasteiger partial charge in [0.15, 0.2) is 0 Å². The number of anilines is 1. The highest BCUT2D eigenvalue weighted by Crippen LogP contribution is 2.41. The third kappa shape index (κ3) is 2.13. The summed E-state index contributed by atoms with van der Waals surface area (Å²) in [6.07, 6.45) is -1.05. The molecular formula is C14H16F3N3. The number of rotatable bonds is 2. The van der Waals surface area contributed by atoms with Crippen LogP contribution in [0.2, 0.25) is 0 Å². The molecule has 1 heterocycles. The molecule has 0 spiro atoms. The number of nitrogen functional groups attached to an aromatic ring is 1. The van der Waals surface area contributed by atoms with Gasteiger partial charge in [-0.1, -0.05) is 0 Å². The van der Waals surface area contributed by atoms with Crippen LogP contribution in [0.25, 0.3) is 0 Å². The van der Waals surface area contributed by atoms with Crippen LogP contribution in [0.15, 0.2) is 18.2 Å². The Morgan fingerprint density at radius 2 is 2.05 bits per heavy atom. The maximum absolute atomic E-state index is 12.9. The van der Waals surface area contributed by atoms with Crippen molar-refractivity contribution in [3.05, 3.63) is 29.3 Å². The van der Waals surface area contributed by atoms with Gasteiger partial charge in [0.1, 0.15) is 5.84 Å². The van der Waals surface area contributed by atoms with Crippen molar-refractivity contribution in [1.29, 1.82) is 5.41 Å². The van der Waals surface area contributed by atoms with Gasteiger partial charge in [-0.25, -0.2) is 0 Å². The Balaban J connectivity index is 1.98. The Morgan fingerprint density at radius 1 is 1.30 bits per heavy atom. The average molecular weight is 283 g/mol. The monoisotopic (exact) mass is 283 g/mol. The van der Waals surface area contributed by atoms with E-state index in [0.29, 0.717) is 12.0 Å². The van der Waals surface area contributed by atoms with E-state index in [1.165, 1.54) is 18.6 Å². The summed E-state index contributed by atoms with van der Waals surface area (Å²) in [5.74, 6) is 0.117. The summed E-state index contributed by atoms with van der Waals surface area (Å²) in [5, 5.41) is 7.39. The van der Waals surface area contributed by atoms with Crippen molar-refractivity contribution in [2.75, 3.05) is 11.4 Å². The fraction of sp³-hybridized carbons (Fsp3) is 0.500. The average Bonchev–Trinajstić information content (AvgIpc) is 2.99. The predicted octanol–water partition coefficient (Wildman–Crippen LogP) is 2.98. The predicted molar refractivity (Wildman–Crippen MR) is 70.9 cm³/mol. The molecule has 1 aromatic rings. The zero-order chi connectivity index (χ0) is 14.5. The smallest absolute Gasteiger partial charge is 0.384 e. The molecule has 6 heteroatoms. The Morgan fingerprint density at radius 3 is 2.55 bits per heavy atom. The molecule has 2 unspecified atom stereocenters. The molecule has 2 fully saturated rings. The molecule has 1 saturated carbocycles. The largest absolute Gasteiger partial charge is 0.417 e. The molecule has 0 radical (unpaired) electrons. The van der Waals surface area contributed by atoms with Crippen molar-refractivity contribution in [1.82, 2.24) is 0 Å². The number of piperidine rings is 1. The number of hydrogen-bond acceptors (Lipinski definition) is 2. The summed E-state index contributed by atoms with van der Waals surface area (Å²) >= 11 is 0. The number of halogens is 3. The lowest BCUT2D eigenvalue weighted by Gasteiger charge is -2.30. The molecule has 2 aliphatic rings. The molecule has 1 aromatic carbocycles. The topological polar surface area (TPSA) is 53.1 Å². The molecule has 2 atom stereocenters. The van der Waals surface area contributed by atoms with Gasteiger partial charge in [-0.3, -0.25) is 5.41 Å². The van der Waals surface area contributed by atoms with Gasteiger partial charge >= 0.3 is 6.18 Å². The molecule has 3 nitrogen and oxygen atoms in total. The van der Waals surface area contributed by atoms with Gasteiger partial charge < -0.3 is 10.6 Å². The minimum atomic E-state index is -4.48. The zero-order valence-electron chi connectivity index (χ0n) is 10.9. The lowest BCUT2D eigenvalue weighted by atomic mass is 10.0. The number of hydrogen-bond donors (Lipinski definition) is 2. The number of nitrogens with two attached hydrogens (primary N) is 1. The van der Waals surface area contributed by atoms with Gasteiger partial charge in [0, 0.05) is 23.8 Å². The fourth-order valence-electron chi connectivity index (χ4n) is 3.42. The van der Waals surface area contributed by atoms with E-state index < -0.39 is 17.6 Å². The van der Waals surface area contributed by atoms with Crippen LogP contribution in [0.4, 0.5) is 18.9 Å². The van der Waals surface area contributed by atoms with Gasteiger partial charge in [-0.15, -0.1) is 0 Å². The molecule has 3 N–H and O–H groups in total. The van der Waals surface area contributed by atoms with Gasteiger partial charge in [-0.2, -0.15) is 13.2 Å². The number of nitrogens with one attached hydrogen (secondary N) is 1. The Hall–Kier alpha value is -1.72. The van der Waals surface area contributed by atoms with E-state index in [4.69, 9.17) is 11.1 Å². The number of alkyl halides is 3. The quantitative estimate of drug-likeness (QED) is 0.647. The minimum Gasteiger partial charge on any atom is -0.384 e. The maximum atomic E-state index is 12.9. The second kappa shape index (κ2) is 4.40. The molecular weight excluding hydrogens is 267 g/mol. The first-order valence-electron chi connectivity index (χ1n) is 6.68. The first kappa shape index (κ1) is 13.3. The lowest BCUT2D eigenvalue weighted by Crippen LogP contribution is -2.32. The Bertz CT molecular complexity index is 553. The summed E-state index contributed by atoms with van der Waals surface area (Å²) in [7, 11) is 0. The molecule has 1 saturated heterocycles. The van der Waals surface area contributed by atoms with Gasteiger partial charge in [0.2, 0.25) is 0 Å². The normalized spacial score (nSPS) is 25.2. The maximum Gasteiger partial charge on any atom is 0.417 e. The first-order chi connectivity index (χ1) is 9.36. The van der Waals surface area contributed by atoms with Gasteiger partial charge in [0.25, 0.3) is 0 Å². The van der Waals surface area contributed by atoms with Gasteiger partial charge in [-0.05, 0) is 43.4 Å². The van der Waals surface area contributed by atoms with E-state index >= 15 is 0 Å². The Kier molecular flexibility index (Phi) is 2.92. The van der Waals surface area contributed by atoms with Crippen LogP contribution in [0, 0.1) is 11.3 Å². The molecule has 20 heavy (non-hydrogen) atoms. The van der Waals surface area contributed by atoms with E-state index in [9.17, 15) is 13.2 Å². The van der Waals surface area contributed by atoms with Crippen LogP contribution >= 0.6 is 0 Å². The molecule has 0 amide bonds. The standard InChI is InChI=1S/C14H16F3N3/c15-14(16,17)12-4-3-10(6-11(12)13(18)19)20-7-8-1-2-9(20)5-8/h3-4,6,8-9H,1-2,5,7H2,(H3,18,19). The summed E-state index contributed by atoms with van der Waals surface area (Å²) < 4.78 is 38.7. The van der Waals surface area contributed by atoms with E-state index in [0.717, 1.165) is 31.1 Å². The number of benzene rings is 1. The Labute approximate surface area is 115 Å². The van der Waals surface area contributed by atoms with Crippen molar-refractivity contribution < 1.29 is 13.2 Å². The minimum absolute atomic E-state index is 0.224. The zero-order valence-corrected chi connectivity index (χ0v) is 10.9. The third-order valence-corrected chi connectivity index (χ3v) is 4.34. The second-order valence-electron chi connectivity index (χ2n) is 5.63. The molecule has 108 valence electrons. The van der Waals surface area contributed by atoms with Crippen molar-refractivity contribution >= 4 is 11.5 Å². The van der Waals surface area contributed by atoms with Crippen LogP contribution in [-0.2, 0) is 6.18 Å². The third-order valence-electron chi connectivity index (χ3n) is 4.34. The lowest BCUT2D eigenvalue weighted by molar-refractivity contribution is -0.137. The van der Waals surface area contributed by atoms with Crippen LogP contribution in [0.1, 0.15) is 30.4 Å². The SMILES string of the molecule is N=C(N)c1cc(N2CC3CCC2C3)ccc1C(F)(F)F. The van der Waals surface area contributed by atoms with Crippen molar-refractivity contribution in [2.45, 2.75) is 31.5 Å². The fourth-order valence-corrected chi connectivity index (χ4v) is 3.42. The van der Waals surface area contributed by atoms with Crippen LogP contribution in [-0.4, -0.2) is 18.4 Å². The number of nitrogens with zero attached hydrogens (tertiary/aromatic N) is 1. The van der Waals surface area contributed by atoms with E-state index in [2.05, 4.69) is 4.90 Å². The summed E-state index contributed by atoms with van der Waals surface area (Å²) in [6.45, 7) is 0.896. The summed E-state index contributed by atoms with van der Waals surface area (Å²) in [6, 6.07) is 4.37. The van der Waals surface area contributed by atoms with Crippen LogP contribution in [0.5, 0.6) is 0 Å². The summed E-state index contributed by atoms with van der Waals surface area (Å²) in [5.41, 5.74) is 5.01.